The summed E-state index contributed by atoms with van der Waals surface area (Å²) >= 11 is 13.3. The van der Waals surface area contributed by atoms with Gasteiger partial charge in [-0.1, -0.05) is 54.2 Å². The lowest BCUT2D eigenvalue weighted by atomic mass is 9.95. The molecule has 1 N–H and O–H groups in total. The summed E-state index contributed by atoms with van der Waals surface area (Å²) < 4.78 is 2.19. The van der Waals surface area contributed by atoms with Crippen molar-refractivity contribution in [2.24, 2.45) is 0 Å². The molecule has 8 heteroatoms. The zero-order chi connectivity index (χ0) is 17.8. The highest BCUT2D eigenvalue weighted by atomic mass is 35.5. The van der Waals surface area contributed by atoms with Gasteiger partial charge in [0.2, 0.25) is 5.91 Å². The molecule has 5 nitrogen and oxygen atoms in total. The maximum atomic E-state index is 12.2. The highest BCUT2D eigenvalue weighted by Gasteiger charge is 2.21. The molecular weight excluding hydrogens is 379 g/mol. The van der Waals surface area contributed by atoms with Crippen molar-refractivity contribution in [3.05, 3.63) is 34.1 Å². The molecular formula is C17H20Cl2N4OS. The van der Waals surface area contributed by atoms with Gasteiger partial charge in [0.25, 0.3) is 0 Å². The first-order chi connectivity index (χ1) is 12.0. The van der Waals surface area contributed by atoms with Crippen molar-refractivity contribution in [2.45, 2.75) is 50.2 Å². The van der Waals surface area contributed by atoms with E-state index in [-0.39, 0.29) is 11.7 Å². The van der Waals surface area contributed by atoms with Gasteiger partial charge < -0.3 is 9.88 Å². The first-order valence-electron chi connectivity index (χ1n) is 8.34. The lowest BCUT2D eigenvalue weighted by Gasteiger charge is -2.24. The lowest BCUT2D eigenvalue weighted by Crippen LogP contribution is -2.17. The minimum absolute atomic E-state index is 0.112. The molecule has 1 aromatic carbocycles. The Labute approximate surface area is 161 Å². The van der Waals surface area contributed by atoms with Crippen molar-refractivity contribution >= 4 is 46.6 Å². The molecule has 0 aliphatic heterocycles. The third-order valence-corrected chi connectivity index (χ3v) is 5.99. The number of hydrogen-bond acceptors (Lipinski definition) is 4. The Morgan fingerprint density at radius 1 is 1.24 bits per heavy atom. The molecule has 134 valence electrons. The van der Waals surface area contributed by atoms with Crippen LogP contribution in [-0.2, 0) is 4.79 Å². The molecule has 0 saturated heterocycles. The monoisotopic (exact) mass is 398 g/mol. The van der Waals surface area contributed by atoms with Crippen molar-refractivity contribution < 1.29 is 4.79 Å². The third-order valence-electron chi connectivity index (χ3n) is 4.31. The Morgan fingerprint density at radius 3 is 2.72 bits per heavy atom. The van der Waals surface area contributed by atoms with E-state index in [2.05, 4.69) is 20.1 Å². The van der Waals surface area contributed by atoms with Crippen LogP contribution in [0.3, 0.4) is 0 Å². The molecule has 0 unspecified atom stereocenters. The number of rotatable bonds is 5. The third kappa shape index (κ3) is 4.68. The number of nitrogens with one attached hydrogen (secondary N) is 1. The van der Waals surface area contributed by atoms with Gasteiger partial charge in [0, 0.05) is 11.7 Å². The predicted molar refractivity (Wildman–Crippen MR) is 103 cm³/mol. The molecule has 1 saturated carbocycles. The quantitative estimate of drug-likeness (QED) is 0.709. The van der Waals surface area contributed by atoms with Gasteiger partial charge in [-0.15, -0.1) is 10.2 Å². The minimum Gasteiger partial charge on any atom is -0.325 e. The summed E-state index contributed by atoms with van der Waals surface area (Å²) in [6.45, 7) is 1.97. The second-order valence-corrected chi connectivity index (χ2v) is 7.91. The van der Waals surface area contributed by atoms with E-state index in [9.17, 15) is 4.79 Å². The Bertz CT molecular complexity index is 759. The van der Waals surface area contributed by atoms with Crippen LogP contribution in [0.5, 0.6) is 0 Å². The number of benzene rings is 1. The van der Waals surface area contributed by atoms with Crippen LogP contribution < -0.4 is 5.32 Å². The van der Waals surface area contributed by atoms with Crippen molar-refractivity contribution in [1.29, 1.82) is 0 Å². The van der Waals surface area contributed by atoms with E-state index in [0.717, 1.165) is 23.8 Å². The second kappa shape index (κ2) is 8.43. The Hall–Kier alpha value is -1.24. The molecule has 3 rings (SSSR count). The number of hydrogen-bond donors (Lipinski definition) is 1. The first-order valence-corrected chi connectivity index (χ1v) is 10.1. The van der Waals surface area contributed by atoms with Crippen LogP contribution in [0.1, 0.15) is 44.0 Å². The van der Waals surface area contributed by atoms with E-state index in [1.165, 1.54) is 31.0 Å². The van der Waals surface area contributed by atoms with Crippen molar-refractivity contribution in [3.8, 4) is 0 Å². The summed E-state index contributed by atoms with van der Waals surface area (Å²) in [5, 5.41) is 13.0. The van der Waals surface area contributed by atoms with Crippen molar-refractivity contribution in [1.82, 2.24) is 14.8 Å². The molecule has 0 atom stereocenters. The molecule has 1 fully saturated rings. The summed E-state index contributed by atoms with van der Waals surface area (Å²) in [5.41, 5.74) is 0.630. The molecule has 1 heterocycles. The number of carbonyl (C=O) groups is 1. The molecule has 1 aromatic heterocycles. The number of amides is 1. The average molecular weight is 399 g/mol. The van der Waals surface area contributed by atoms with Crippen LogP contribution in [0, 0.1) is 6.92 Å². The van der Waals surface area contributed by atoms with Gasteiger partial charge in [0.05, 0.1) is 15.8 Å². The number of aryl methyl sites for hydroxylation is 1. The molecule has 2 aromatic rings. The van der Waals surface area contributed by atoms with Crippen LogP contribution in [0.25, 0.3) is 0 Å². The van der Waals surface area contributed by atoms with Gasteiger partial charge in [0.15, 0.2) is 5.16 Å². The largest absolute Gasteiger partial charge is 0.325 e. The molecule has 0 bridgehead atoms. The topological polar surface area (TPSA) is 59.8 Å². The van der Waals surface area contributed by atoms with Gasteiger partial charge >= 0.3 is 0 Å². The average Bonchev–Trinajstić information content (AvgIpc) is 2.98. The Kier molecular flexibility index (Phi) is 6.25. The van der Waals surface area contributed by atoms with Crippen LogP contribution in [0.4, 0.5) is 5.69 Å². The van der Waals surface area contributed by atoms with E-state index in [4.69, 9.17) is 23.2 Å². The zero-order valence-electron chi connectivity index (χ0n) is 14.0. The fourth-order valence-corrected chi connectivity index (χ4v) is 4.26. The van der Waals surface area contributed by atoms with Crippen LogP contribution in [0.2, 0.25) is 10.0 Å². The SMILES string of the molecule is Cc1nnc(SCC(=O)Nc2ccc(Cl)c(Cl)c2)n1C1CCCCC1. The number of nitrogens with zero attached hydrogens (tertiary/aromatic N) is 3. The highest BCUT2D eigenvalue weighted by molar-refractivity contribution is 7.99. The summed E-state index contributed by atoms with van der Waals surface area (Å²) in [7, 11) is 0. The van der Waals surface area contributed by atoms with Crippen molar-refractivity contribution in [3.63, 3.8) is 0 Å². The van der Waals surface area contributed by atoms with Gasteiger partial charge in [-0.3, -0.25) is 4.79 Å². The van der Waals surface area contributed by atoms with Crippen molar-refractivity contribution in [2.75, 3.05) is 11.1 Å². The van der Waals surface area contributed by atoms with Gasteiger partial charge in [0.1, 0.15) is 5.82 Å². The smallest absolute Gasteiger partial charge is 0.234 e. The van der Waals surface area contributed by atoms with Crippen LogP contribution in [0.15, 0.2) is 23.4 Å². The maximum absolute atomic E-state index is 12.2. The molecule has 1 aliphatic rings. The number of halogens is 2. The van der Waals surface area contributed by atoms with E-state index >= 15 is 0 Å². The van der Waals surface area contributed by atoms with Gasteiger partial charge in [-0.25, -0.2) is 0 Å². The first kappa shape index (κ1) is 18.5. The normalized spacial score (nSPS) is 15.3. The maximum Gasteiger partial charge on any atom is 0.234 e. The predicted octanol–water partition coefficient (Wildman–Crippen LogP) is 5.13. The van der Waals surface area contributed by atoms with E-state index in [0.29, 0.717) is 21.8 Å². The van der Waals surface area contributed by atoms with E-state index < -0.39 is 0 Å². The summed E-state index contributed by atoms with van der Waals surface area (Å²) in [6, 6.07) is 5.48. The molecule has 0 radical (unpaired) electrons. The Morgan fingerprint density at radius 2 is 2.00 bits per heavy atom. The molecule has 1 amide bonds. The number of carbonyl (C=O) groups excluding carboxylic acids is 1. The zero-order valence-corrected chi connectivity index (χ0v) is 16.3. The second-order valence-electron chi connectivity index (χ2n) is 6.16. The Balaban J connectivity index is 1.61. The standard InChI is InChI=1S/C17H20Cl2N4OS/c1-11-21-22-17(23(11)13-5-3-2-4-6-13)25-10-16(24)20-12-7-8-14(18)15(19)9-12/h7-9,13H,2-6,10H2,1H3,(H,20,24). The highest BCUT2D eigenvalue weighted by Crippen LogP contribution is 2.32. The summed E-state index contributed by atoms with van der Waals surface area (Å²) in [5.74, 6) is 1.07. The summed E-state index contributed by atoms with van der Waals surface area (Å²) in [6.07, 6.45) is 6.09. The fourth-order valence-electron chi connectivity index (χ4n) is 3.11. The summed E-state index contributed by atoms with van der Waals surface area (Å²) in [4.78, 5) is 12.2. The number of thioether (sulfide) groups is 1. The lowest BCUT2D eigenvalue weighted by molar-refractivity contribution is -0.113. The number of aromatic nitrogens is 3. The van der Waals surface area contributed by atoms with E-state index in [1.807, 2.05) is 6.92 Å². The van der Waals surface area contributed by atoms with Crippen LogP contribution in [-0.4, -0.2) is 26.4 Å². The fraction of sp³-hybridized carbons (Fsp3) is 0.471. The minimum atomic E-state index is -0.112. The van der Waals surface area contributed by atoms with Crippen LogP contribution >= 0.6 is 35.0 Å². The van der Waals surface area contributed by atoms with Gasteiger partial charge in [-0.05, 0) is 38.0 Å². The molecule has 1 aliphatic carbocycles. The van der Waals surface area contributed by atoms with Gasteiger partial charge in [-0.2, -0.15) is 0 Å². The molecule has 25 heavy (non-hydrogen) atoms. The number of anilines is 1. The molecule has 0 spiro atoms. The van der Waals surface area contributed by atoms with E-state index in [1.54, 1.807) is 18.2 Å².